The fourth-order valence-electron chi connectivity index (χ4n) is 2.48. The minimum atomic E-state index is -0.433. The van der Waals surface area contributed by atoms with E-state index >= 15 is 0 Å². The van der Waals surface area contributed by atoms with Gasteiger partial charge in [-0.05, 0) is 37.1 Å². The van der Waals surface area contributed by atoms with Gasteiger partial charge in [-0.15, -0.1) is 0 Å². The number of fused-ring (bicyclic) bond motifs is 1. The number of nitrogens with zero attached hydrogens (tertiary/aromatic N) is 2. The van der Waals surface area contributed by atoms with Crippen LogP contribution in [0.2, 0.25) is 0 Å². The Hall–Kier alpha value is -3.15. The molecule has 0 aliphatic carbocycles. The van der Waals surface area contributed by atoms with Crippen LogP contribution in [0.4, 0.5) is 0 Å². The van der Waals surface area contributed by atoms with Gasteiger partial charge < -0.3 is 4.74 Å². The quantitative estimate of drug-likeness (QED) is 0.798. The maximum atomic E-state index is 12.3. The van der Waals surface area contributed by atoms with E-state index < -0.39 is 5.91 Å². The minimum absolute atomic E-state index is 0.190. The molecule has 0 aliphatic rings. The lowest BCUT2D eigenvalue weighted by Crippen LogP contribution is -2.35. The minimum Gasteiger partial charge on any atom is -0.483 e. The average Bonchev–Trinajstić information content (AvgIpc) is 2.57. The van der Waals surface area contributed by atoms with E-state index in [4.69, 9.17) is 4.74 Å². The zero-order chi connectivity index (χ0) is 17.1. The topological polar surface area (TPSA) is 73.2 Å². The molecule has 3 rings (SSSR count). The second-order valence-corrected chi connectivity index (χ2v) is 5.48. The Balaban J connectivity index is 1.74. The Morgan fingerprint density at radius 3 is 2.58 bits per heavy atom. The van der Waals surface area contributed by atoms with Gasteiger partial charge in [0.05, 0.1) is 10.9 Å². The Morgan fingerprint density at radius 2 is 1.83 bits per heavy atom. The molecule has 6 nitrogen and oxygen atoms in total. The molecule has 0 bridgehead atoms. The summed E-state index contributed by atoms with van der Waals surface area (Å²) >= 11 is 0. The number of ether oxygens (including phenoxy) is 1. The number of para-hydroxylation sites is 2. The average molecular weight is 323 g/mol. The van der Waals surface area contributed by atoms with Gasteiger partial charge >= 0.3 is 0 Å². The highest BCUT2D eigenvalue weighted by Crippen LogP contribution is 2.21. The van der Waals surface area contributed by atoms with Gasteiger partial charge in [0.2, 0.25) is 0 Å². The van der Waals surface area contributed by atoms with Gasteiger partial charge in [0, 0.05) is 0 Å². The van der Waals surface area contributed by atoms with E-state index in [2.05, 4.69) is 10.4 Å². The maximum absolute atomic E-state index is 12.3. The molecule has 0 aliphatic heterocycles. The lowest BCUT2D eigenvalue weighted by molar-refractivity contribution is -0.119. The van der Waals surface area contributed by atoms with Gasteiger partial charge in [0.25, 0.3) is 11.5 Å². The van der Waals surface area contributed by atoms with Crippen LogP contribution >= 0.6 is 0 Å². The maximum Gasteiger partial charge on any atom is 0.280 e. The first-order chi connectivity index (χ1) is 11.6. The number of amides is 1. The lowest BCUT2D eigenvalue weighted by Gasteiger charge is -2.12. The summed E-state index contributed by atoms with van der Waals surface area (Å²) in [5, 5.41) is 0.441. The van der Waals surface area contributed by atoms with Crippen molar-refractivity contribution in [3.8, 4) is 5.75 Å². The smallest absolute Gasteiger partial charge is 0.280 e. The summed E-state index contributed by atoms with van der Waals surface area (Å²) in [7, 11) is 0. The standard InChI is InChI=1S/C18H17N3O3/c1-12-6-5-7-13(2)17(12)24-10-16(22)20-21-11-19-15-9-4-3-8-14(15)18(21)23/h3-9,11H,10H2,1-2H3,(H,20,22). The third-order valence-corrected chi connectivity index (χ3v) is 3.67. The Morgan fingerprint density at radius 1 is 1.12 bits per heavy atom. The second-order valence-electron chi connectivity index (χ2n) is 5.48. The first kappa shape index (κ1) is 15.7. The molecule has 1 aromatic heterocycles. The predicted octanol–water partition coefficient (Wildman–Crippen LogP) is 2.16. The van der Waals surface area contributed by atoms with E-state index in [1.807, 2.05) is 32.0 Å². The van der Waals surface area contributed by atoms with E-state index in [1.165, 1.54) is 6.33 Å². The number of hydrogen-bond acceptors (Lipinski definition) is 4. The van der Waals surface area contributed by atoms with Crippen molar-refractivity contribution in [2.75, 3.05) is 12.0 Å². The molecule has 3 aromatic rings. The largest absolute Gasteiger partial charge is 0.483 e. The first-order valence-corrected chi connectivity index (χ1v) is 7.51. The van der Waals surface area contributed by atoms with E-state index in [0.717, 1.165) is 15.8 Å². The number of aryl methyl sites for hydroxylation is 2. The van der Waals surface area contributed by atoms with Crippen molar-refractivity contribution in [3.63, 3.8) is 0 Å². The molecule has 2 aromatic carbocycles. The summed E-state index contributed by atoms with van der Waals surface area (Å²) in [6.07, 6.45) is 1.29. The monoisotopic (exact) mass is 323 g/mol. The van der Waals surface area contributed by atoms with Crippen molar-refractivity contribution in [1.29, 1.82) is 0 Å². The van der Waals surface area contributed by atoms with Crippen LogP contribution in [-0.2, 0) is 4.79 Å². The summed E-state index contributed by atoms with van der Waals surface area (Å²) in [5.41, 5.74) is 4.64. The number of hydrogen-bond donors (Lipinski definition) is 1. The van der Waals surface area contributed by atoms with Crippen molar-refractivity contribution in [3.05, 3.63) is 70.3 Å². The zero-order valence-corrected chi connectivity index (χ0v) is 13.4. The highest BCUT2D eigenvalue weighted by atomic mass is 16.5. The molecule has 0 radical (unpaired) electrons. The molecular formula is C18H17N3O3. The van der Waals surface area contributed by atoms with Crippen LogP contribution in [0.25, 0.3) is 10.9 Å². The molecule has 0 saturated carbocycles. The molecular weight excluding hydrogens is 306 g/mol. The van der Waals surface area contributed by atoms with Crippen LogP contribution in [-0.4, -0.2) is 22.2 Å². The fourth-order valence-corrected chi connectivity index (χ4v) is 2.48. The molecule has 1 N–H and O–H groups in total. The summed E-state index contributed by atoms with van der Waals surface area (Å²) in [5.74, 6) is 0.244. The number of aromatic nitrogens is 2. The van der Waals surface area contributed by atoms with E-state index in [9.17, 15) is 9.59 Å². The number of carbonyl (C=O) groups excluding carboxylic acids is 1. The Bertz CT molecular complexity index is 943. The van der Waals surface area contributed by atoms with Crippen LogP contribution < -0.4 is 15.7 Å². The van der Waals surface area contributed by atoms with E-state index in [1.54, 1.807) is 24.3 Å². The highest BCUT2D eigenvalue weighted by Gasteiger charge is 2.09. The van der Waals surface area contributed by atoms with Crippen molar-refractivity contribution in [2.45, 2.75) is 13.8 Å². The van der Waals surface area contributed by atoms with Crippen molar-refractivity contribution >= 4 is 16.8 Å². The van der Waals surface area contributed by atoms with Gasteiger partial charge in [-0.2, -0.15) is 0 Å². The molecule has 1 amide bonds. The van der Waals surface area contributed by atoms with Gasteiger partial charge in [-0.25, -0.2) is 9.66 Å². The normalized spacial score (nSPS) is 10.6. The molecule has 0 fully saturated rings. The van der Waals surface area contributed by atoms with Crippen LogP contribution in [0.1, 0.15) is 11.1 Å². The SMILES string of the molecule is Cc1cccc(C)c1OCC(=O)Nn1cnc2ccccc2c1=O. The number of carbonyl (C=O) groups is 1. The number of rotatable bonds is 4. The third kappa shape index (κ3) is 3.12. The summed E-state index contributed by atoms with van der Waals surface area (Å²) in [6, 6.07) is 12.7. The van der Waals surface area contributed by atoms with Gasteiger partial charge in [-0.1, -0.05) is 30.3 Å². The Kier molecular flexibility index (Phi) is 4.29. The molecule has 0 saturated heterocycles. The molecule has 0 unspecified atom stereocenters. The van der Waals surface area contributed by atoms with Gasteiger partial charge in [0.15, 0.2) is 6.61 Å². The molecule has 24 heavy (non-hydrogen) atoms. The first-order valence-electron chi connectivity index (χ1n) is 7.51. The number of benzene rings is 2. The fraction of sp³-hybridized carbons (Fsp3) is 0.167. The molecule has 0 atom stereocenters. The van der Waals surface area contributed by atoms with Crippen LogP contribution in [0, 0.1) is 13.8 Å². The predicted molar refractivity (Wildman–Crippen MR) is 91.8 cm³/mol. The summed E-state index contributed by atoms with van der Waals surface area (Å²) in [6.45, 7) is 3.64. The van der Waals surface area contributed by atoms with Crippen molar-refractivity contribution in [1.82, 2.24) is 9.66 Å². The molecule has 1 heterocycles. The van der Waals surface area contributed by atoms with Crippen molar-refractivity contribution in [2.24, 2.45) is 0 Å². The summed E-state index contributed by atoms with van der Waals surface area (Å²) in [4.78, 5) is 28.5. The van der Waals surface area contributed by atoms with Crippen LogP contribution in [0.5, 0.6) is 5.75 Å². The molecule has 122 valence electrons. The van der Waals surface area contributed by atoms with Crippen LogP contribution in [0.15, 0.2) is 53.6 Å². The zero-order valence-electron chi connectivity index (χ0n) is 13.4. The van der Waals surface area contributed by atoms with Crippen molar-refractivity contribution < 1.29 is 9.53 Å². The van der Waals surface area contributed by atoms with E-state index in [-0.39, 0.29) is 12.2 Å². The Labute approximate surface area is 138 Å². The third-order valence-electron chi connectivity index (χ3n) is 3.67. The van der Waals surface area contributed by atoms with Gasteiger partial charge in [-0.3, -0.25) is 15.0 Å². The van der Waals surface area contributed by atoms with Crippen LogP contribution in [0.3, 0.4) is 0 Å². The highest BCUT2D eigenvalue weighted by molar-refractivity contribution is 5.85. The molecule has 0 spiro atoms. The van der Waals surface area contributed by atoms with Gasteiger partial charge in [0.1, 0.15) is 12.1 Å². The van der Waals surface area contributed by atoms with E-state index in [0.29, 0.717) is 16.7 Å². The number of nitrogens with one attached hydrogen (secondary N) is 1. The lowest BCUT2D eigenvalue weighted by atomic mass is 10.1. The summed E-state index contributed by atoms with van der Waals surface area (Å²) < 4.78 is 6.65. The second kappa shape index (κ2) is 6.54. The molecule has 6 heteroatoms.